The number of carbonyl (C=O) groups excluding carboxylic acids is 1. The zero-order valence-corrected chi connectivity index (χ0v) is 17.8. The molecular weight excluding hydrogens is 416 g/mol. The van der Waals surface area contributed by atoms with Gasteiger partial charge >= 0.3 is 5.97 Å². The number of aromatic nitrogens is 3. The fraction of sp³-hybridized carbons (Fsp3) is 0.182. The number of benzene rings is 2. The van der Waals surface area contributed by atoms with Gasteiger partial charge in [-0.25, -0.2) is 15.0 Å². The molecule has 4 aromatic rings. The topological polar surface area (TPSA) is 109 Å². The Morgan fingerprint density at radius 3 is 2.65 bits per heavy atom. The van der Waals surface area contributed by atoms with Gasteiger partial charge in [-0.2, -0.15) is 0 Å². The molecule has 0 radical (unpaired) electrons. The molecule has 2 aromatic carbocycles. The van der Waals surface area contributed by atoms with E-state index < -0.39 is 5.97 Å². The average molecular weight is 436 g/mol. The molecular formula is C22H20N4O4S. The first kappa shape index (κ1) is 20.5. The molecule has 2 N–H and O–H groups in total. The molecule has 0 unspecified atom stereocenters. The predicted octanol–water partition coefficient (Wildman–Crippen LogP) is 3.64. The van der Waals surface area contributed by atoms with E-state index in [9.17, 15) is 4.79 Å². The highest BCUT2D eigenvalue weighted by Crippen LogP contribution is 2.33. The first-order valence-corrected chi connectivity index (χ1v) is 10.3. The summed E-state index contributed by atoms with van der Waals surface area (Å²) < 4.78 is 15.9. The Labute approximate surface area is 182 Å². The summed E-state index contributed by atoms with van der Waals surface area (Å²) in [6.07, 6.45) is 0.0485. The van der Waals surface area contributed by atoms with Crippen molar-refractivity contribution in [2.45, 2.75) is 13.0 Å². The quantitative estimate of drug-likeness (QED) is 0.437. The van der Waals surface area contributed by atoms with Gasteiger partial charge in [-0.15, -0.1) is 11.3 Å². The van der Waals surface area contributed by atoms with E-state index in [1.54, 1.807) is 14.2 Å². The molecule has 2 heterocycles. The van der Waals surface area contributed by atoms with E-state index in [1.165, 1.54) is 11.3 Å². The van der Waals surface area contributed by atoms with Crippen molar-refractivity contribution in [3.63, 3.8) is 0 Å². The molecule has 0 saturated heterocycles. The zero-order valence-electron chi connectivity index (χ0n) is 17.0. The van der Waals surface area contributed by atoms with E-state index in [0.29, 0.717) is 34.4 Å². The molecule has 8 nitrogen and oxygen atoms in total. The lowest BCUT2D eigenvalue weighted by Gasteiger charge is -2.08. The number of hydrogen-bond acceptors (Lipinski definition) is 9. The number of methoxy groups -OCH3 is 2. The summed E-state index contributed by atoms with van der Waals surface area (Å²) in [5.41, 5.74) is 8.18. The third kappa shape index (κ3) is 4.56. The maximum Gasteiger partial charge on any atom is 0.312 e. The SMILES string of the molecule is COc1ccc(-c2nc(CC(=O)OCc3nc(N)c4ccccc4n3)cs2)cc1OC. The Hall–Kier alpha value is -3.72. The highest BCUT2D eigenvalue weighted by atomic mass is 32.1. The second kappa shape index (κ2) is 8.97. The van der Waals surface area contributed by atoms with Crippen molar-refractivity contribution in [3.8, 4) is 22.1 Å². The van der Waals surface area contributed by atoms with E-state index in [4.69, 9.17) is 19.9 Å². The van der Waals surface area contributed by atoms with Gasteiger partial charge in [0, 0.05) is 16.3 Å². The molecule has 0 atom stereocenters. The number of esters is 1. The van der Waals surface area contributed by atoms with E-state index in [0.717, 1.165) is 16.0 Å². The van der Waals surface area contributed by atoms with Crippen molar-refractivity contribution in [2.24, 2.45) is 0 Å². The smallest absolute Gasteiger partial charge is 0.312 e. The summed E-state index contributed by atoms with van der Waals surface area (Å²) in [4.78, 5) is 25.4. The number of fused-ring (bicyclic) bond motifs is 1. The Morgan fingerprint density at radius 1 is 1.03 bits per heavy atom. The van der Waals surface area contributed by atoms with Crippen LogP contribution in [0.2, 0.25) is 0 Å². The minimum atomic E-state index is -0.417. The van der Waals surface area contributed by atoms with E-state index in [1.807, 2.05) is 47.8 Å². The zero-order chi connectivity index (χ0) is 21.8. The van der Waals surface area contributed by atoms with E-state index in [2.05, 4.69) is 15.0 Å². The van der Waals surface area contributed by atoms with Gasteiger partial charge in [0.05, 0.1) is 31.9 Å². The number of hydrogen-bond donors (Lipinski definition) is 1. The Bertz CT molecular complexity index is 1240. The van der Waals surface area contributed by atoms with Gasteiger partial charge < -0.3 is 19.9 Å². The van der Waals surface area contributed by atoms with Crippen LogP contribution in [-0.4, -0.2) is 35.1 Å². The maximum absolute atomic E-state index is 12.3. The Balaban J connectivity index is 1.40. The maximum atomic E-state index is 12.3. The first-order chi connectivity index (χ1) is 15.1. The molecule has 158 valence electrons. The molecule has 0 fully saturated rings. The number of ether oxygens (including phenoxy) is 3. The standard InChI is InChI=1S/C22H20N4O4S/c1-28-17-8-7-13(9-18(17)29-2)22-24-14(12-31-22)10-20(27)30-11-19-25-16-6-4-3-5-15(16)21(23)26-19/h3-9,12H,10-11H2,1-2H3,(H2,23,25,26). The molecule has 0 aliphatic heterocycles. The van der Waals surface area contributed by atoms with Crippen LogP contribution < -0.4 is 15.2 Å². The number of carbonyl (C=O) groups is 1. The van der Waals surface area contributed by atoms with Crippen molar-refractivity contribution in [1.82, 2.24) is 15.0 Å². The second-order valence-corrected chi connectivity index (χ2v) is 7.45. The molecule has 0 aliphatic carbocycles. The largest absolute Gasteiger partial charge is 0.493 e. The number of para-hydroxylation sites is 1. The molecule has 9 heteroatoms. The highest BCUT2D eigenvalue weighted by molar-refractivity contribution is 7.13. The normalized spacial score (nSPS) is 10.8. The van der Waals surface area contributed by atoms with Crippen LogP contribution in [0.3, 0.4) is 0 Å². The van der Waals surface area contributed by atoms with Gasteiger partial charge in [-0.3, -0.25) is 4.79 Å². The van der Waals surface area contributed by atoms with Gasteiger partial charge in [0.1, 0.15) is 10.8 Å². The average Bonchev–Trinajstić information content (AvgIpc) is 3.25. The molecule has 2 aromatic heterocycles. The number of rotatable bonds is 7. The minimum Gasteiger partial charge on any atom is -0.493 e. The Morgan fingerprint density at radius 2 is 1.84 bits per heavy atom. The summed E-state index contributed by atoms with van der Waals surface area (Å²) in [5.74, 6) is 1.55. The van der Waals surface area contributed by atoms with Gasteiger partial charge in [0.25, 0.3) is 0 Å². The summed E-state index contributed by atoms with van der Waals surface area (Å²) in [7, 11) is 3.17. The summed E-state index contributed by atoms with van der Waals surface area (Å²) in [5, 5.41) is 3.37. The molecule has 0 aliphatic rings. The number of nitrogen functional groups attached to an aromatic ring is 1. The van der Waals surface area contributed by atoms with Crippen molar-refractivity contribution in [2.75, 3.05) is 20.0 Å². The van der Waals surface area contributed by atoms with Gasteiger partial charge in [0.15, 0.2) is 23.9 Å². The molecule has 4 rings (SSSR count). The van der Waals surface area contributed by atoms with Crippen molar-refractivity contribution >= 4 is 34.0 Å². The number of nitrogens with zero attached hydrogens (tertiary/aromatic N) is 3. The van der Waals surface area contributed by atoms with Gasteiger partial charge in [-0.1, -0.05) is 12.1 Å². The molecule has 0 bridgehead atoms. The number of thiazole rings is 1. The fourth-order valence-corrected chi connectivity index (χ4v) is 3.87. The summed E-state index contributed by atoms with van der Waals surface area (Å²) in [6.45, 7) is -0.0550. The summed E-state index contributed by atoms with van der Waals surface area (Å²) >= 11 is 1.44. The highest BCUT2D eigenvalue weighted by Gasteiger charge is 2.13. The lowest BCUT2D eigenvalue weighted by molar-refractivity contribution is -0.144. The predicted molar refractivity (Wildman–Crippen MR) is 118 cm³/mol. The van der Waals surface area contributed by atoms with Crippen LogP contribution in [0.5, 0.6) is 11.5 Å². The van der Waals surface area contributed by atoms with Crippen LogP contribution in [-0.2, 0) is 22.6 Å². The van der Waals surface area contributed by atoms with E-state index >= 15 is 0 Å². The fourth-order valence-electron chi connectivity index (χ4n) is 3.05. The lowest BCUT2D eigenvalue weighted by atomic mass is 10.2. The van der Waals surface area contributed by atoms with Gasteiger partial charge in [-0.05, 0) is 30.3 Å². The molecule has 0 amide bonds. The van der Waals surface area contributed by atoms with Crippen molar-refractivity contribution in [3.05, 3.63) is 59.4 Å². The van der Waals surface area contributed by atoms with Gasteiger partial charge in [0.2, 0.25) is 0 Å². The van der Waals surface area contributed by atoms with Crippen LogP contribution in [0.4, 0.5) is 5.82 Å². The van der Waals surface area contributed by atoms with E-state index in [-0.39, 0.29) is 13.0 Å². The van der Waals surface area contributed by atoms with Crippen LogP contribution in [0, 0.1) is 0 Å². The Kier molecular flexibility index (Phi) is 5.94. The lowest BCUT2D eigenvalue weighted by Crippen LogP contribution is -2.10. The second-order valence-electron chi connectivity index (χ2n) is 6.59. The first-order valence-electron chi connectivity index (χ1n) is 9.41. The van der Waals surface area contributed by atoms with Crippen LogP contribution in [0.25, 0.3) is 21.5 Å². The minimum absolute atomic E-state index is 0.0485. The third-order valence-electron chi connectivity index (χ3n) is 4.55. The monoisotopic (exact) mass is 436 g/mol. The third-order valence-corrected chi connectivity index (χ3v) is 5.49. The number of nitrogens with two attached hydrogens (primary N) is 1. The van der Waals surface area contributed by atoms with Crippen molar-refractivity contribution < 1.29 is 19.0 Å². The van der Waals surface area contributed by atoms with Crippen LogP contribution >= 0.6 is 11.3 Å². The van der Waals surface area contributed by atoms with Crippen LogP contribution in [0.1, 0.15) is 11.5 Å². The summed E-state index contributed by atoms with van der Waals surface area (Å²) in [6, 6.07) is 13.0. The molecule has 0 saturated carbocycles. The van der Waals surface area contributed by atoms with Crippen molar-refractivity contribution in [1.29, 1.82) is 0 Å². The van der Waals surface area contributed by atoms with Crippen LogP contribution in [0.15, 0.2) is 47.8 Å². The molecule has 31 heavy (non-hydrogen) atoms. The number of anilines is 1. The molecule has 0 spiro atoms.